The highest BCUT2D eigenvalue weighted by Gasteiger charge is 2.31. The zero-order chi connectivity index (χ0) is 12.3. The molecule has 0 saturated carbocycles. The van der Waals surface area contributed by atoms with Gasteiger partial charge in [0, 0.05) is 10.6 Å². The van der Waals surface area contributed by atoms with Gasteiger partial charge in [-0.2, -0.15) is 0 Å². The number of ether oxygens (including phenoxy) is 1. The number of nitrogen functional groups attached to an aromatic ring is 1. The van der Waals surface area contributed by atoms with Crippen molar-refractivity contribution in [3.8, 4) is 0 Å². The number of esters is 1. The SMILES string of the molecule is COC(=O)C(C)(C)c1ccc(N)c(SC)c1. The summed E-state index contributed by atoms with van der Waals surface area (Å²) in [6, 6.07) is 5.63. The number of hydrogen-bond acceptors (Lipinski definition) is 4. The van der Waals surface area contributed by atoms with Crippen LogP contribution in [-0.4, -0.2) is 19.3 Å². The maximum absolute atomic E-state index is 11.7. The third-order valence-electron chi connectivity index (χ3n) is 2.65. The van der Waals surface area contributed by atoms with Crippen molar-refractivity contribution >= 4 is 23.4 Å². The third-order valence-corrected chi connectivity index (χ3v) is 3.44. The zero-order valence-corrected chi connectivity index (χ0v) is 10.9. The average Bonchev–Trinajstić information content (AvgIpc) is 2.28. The maximum atomic E-state index is 11.7. The fourth-order valence-electron chi connectivity index (χ4n) is 1.47. The van der Waals surface area contributed by atoms with Crippen LogP contribution in [0.25, 0.3) is 0 Å². The Labute approximate surface area is 100 Å². The summed E-state index contributed by atoms with van der Waals surface area (Å²) in [7, 11) is 1.40. The zero-order valence-electron chi connectivity index (χ0n) is 10.0. The first-order valence-corrected chi connectivity index (χ1v) is 6.18. The first-order chi connectivity index (χ1) is 7.43. The van der Waals surface area contributed by atoms with Crippen LogP contribution >= 0.6 is 11.8 Å². The van der Waals surface area contributed by atoms with Gasteiger partial charge in [-0.15, -0.1) is 11.8 Å². The van der Waals surface area contributed by atoms with E-state index in [-0.39, 0.29) is 5.97 Å². The van der Waals surface area contributed by atoms with Gasteiger partial charge in [0.2, 0.25) is 0 Å². The van der Waals surface area contributed by atoms with E-state index in [0.29, 0.717) is 0 Å². The number of thioether (sulfide) groups is 1. The van der Waals surface area contributed by atoms with Crippen LogP contribution in [0.2, 0.25) is 0 Å². The van der Waals surface area contributed by atoms with Gasteiger partial charge in [0.1, 0.15) is 0 Å². The molecule has 0 bridgehead atoms. The average molecular weight is 239 g/mol. The van der Waals surface area contributed by atoms with Crippen molar-refractivity contribution in [1.82, 2.24) is 0 Å². The molecule has 0 saturated heterocycles. The monoisotopic (exact) mass is 239 g/mol. The summed E-state index contributed by atoms with van der Waals surface area (Å²) < 4.78 is 4.80. The number of benzene rings is 1. The molecule has 0 fully saturated rings. The molecule has 1 aromatic rings. The van der Waals surface area contributed by atoms with Gasteiger partial charge < -0.3 is 10.5 Å². The highest BCUT2D eigenvalue weighted by atomic mass is 32.2. The quantitative estimate of drug-likeness (QED) is 0.500. The molecular weight excluding hydrogens is 222 g/mol. The lowest BCUT2D eigenvalue weighted by Crippen LogP contribution is -2.30. The standard InChI is InChI=1S/C12H17NO2S/c1-12(2,11(14)15-3)8-5-6-9(13)10(7-8)16-4/h5-7H,13H2,1-4H3. The third kappa shape index (κ3) is 2.32. The molecular formula is C12H17NO2S. The molecule has 0 aromatic heterocycles. The van der Waals surface area contributed by atoms with Crippen molar-refractivity contribution < 1.29 is 9.53 Å². The van der Waals surface area contributed by atoms with Gasteiger partial charge in [0.15, 0.2) is 0 Å². The topological polar surface area (TPSA) is 52.3 Å². The molecule has 0 heterocycles. The van der Waals surface area contributed by atoms with Gasteiger partial charge >= 0.3 is 5.97 Å². The Hall–Kier alpha value is -1.16. The van der Waals surface area contributed by atoms with E-state index in [4.69, 9.17) is 10.5 Å². The van der Waals surface area contributed by atoms with Crippen LogP contribution in [0.4, 0.5) is 5.69 Å². The molecule has 1 aromatic carbocycles. The lowest BCUT2D eigenvalue weighted by atomic mass is 9.85. The largest absolute Gasteiger partial charge is 0.468 e. The van der Waals surface area contributed by atoms with E-state index in [9.17, 15) is 4.79 Å². The lowest BCUT2D eigenvalue weighted by molar-refractivity contribution is -0.146. The number of carbonyl (C=O) groups excluding carboxylic acids is 1. The summed E-state index contributed by atoms with van der Waals surface area (Å²) in [4.78, 5) is 12.6. The van der Waals surface area contributed by atoms with Gasteiger partial charge in [-0.05, 0) is 37.8 Å². The summed E-state index contributed by atoms with van der Waals surface area (Å²) in [5, 5.41) is 0. The molecule has 0 aliphatic heterocycles. The Morgan fingerprint density at radius 2 is 2.06 bits per heavy atom. The molecule has 0 radical (unpaired) electrons. The lowest BCUT2D eigenvalue weighted by Gasteiger charge is -2.22. The molecule has 4 heteroatoms. The molecule has 1 rings (SSSR count). The second kappa shape index (κ2) is 4.78. The van der Waals surface area contributed by atoms with Crippen molar-refractivity contribution in [2.45, 2.75) is 24.2 Å². The number of nitrogens with two attached hydrogens (primary N) is 1. The summed E-state index contributed by atoms with van der Waals surface area (Å²) >= 11 is 1.57. The van der Waals surface area contributed by atoms with Gasteiger partial charge in [-0.25, -0.2) is 0 Å². The van der Waals surface area contributed by atoms with Crippen LogP contribution in [0.3, 0.4) is 0 Å². The molecule has 0 aliphatic carbocycles. The van der Waals surface area contributed by atoms with E-state index in [2.05, 4.69) is 0 Å². The second-order valence-electron chi connectivity index (χ2n) is 4.07. The highest BCUT2D eigenvalue weighted by molar-refractivity contribution is 7.98. The first-order valence-electron chi connectivity index (χ1n) is 4.96. The van der Waals surface area contributed by atoms with E-state index < -0.39 is 5.41 Å². The Morgan fingerprint density at radius 1 is 1.44 bits per heavy atom. The second-order valence-corrected chi connectivity index (χ2v) is 4.92. The van der Waals surface area contributed by atoms with Crippen LogP contribution in [0.15, 0.2) is 23.1 Å². The van der Waals surface area contributed by atoms with Gasteiger partial charge in [0.05, 0.1) is 12.5 Å². The van der Waals surface area contributed by atoms with Gasteiger partial charge in [-0.1, -0.05) is 6.07 Å². The predicted molar refractivity (Wildman–Crippen MR) is 67.7 cm³/mol. The number of anilines is 1. The van der Waals surface area contributed by atoms with Gasteiger partial charge in [-0.3, -0.25) is 4.79 Å². The Kier molecular flexibility index (Phi) is 3.86. The maximum Gasteiger partial charge on any atom is 0.315 e. The predicted octanol–water partition coefficient (Wildman–Crippen LogP) is 2.44. The summed E-state index contributed by atoms with van der Waals surface area (Å²) in [6.07, 6.45) is 1.96. The normalized spacial score (nSPS) is 11.2. The van der Waals surface area contributed by atoms with Crippen LogP contribution in [-0.2, 0) is 14.9 Å². The van der Waals surface area contributed by atoms with E-state index in [1.165, 1.54) is 7.11 Å². The highest BCUT2D eigenvalue weighted by Crippen LogP contribution is 2.31. The van der Waals surface area contributed by atoms with E-state index in [1.807, 2.05) is 38.3 Å². The van der Waals surface area contributed by atoms with Crippen LogP contribution in [0, 0.1) is 0 Å². The Morgan fingerprint density at radius 3 is 2.56 bits per heavy atom. The first kappa shape index (κ1) is 12.9. The summed E-state index contributed by atoms with van der Waals surface area (Å²) in [5.74, 6) is -0.246. The number of methoxy groups -OCH3 is 1. The smallest absolute Gasteiger partial charge is 0.315 e. The van der Waals surface area contributed by atoms with Crippen molar-refractivity contribution in [1.29, 1.82) is 0 Å². The van der Waals surface area contributed by atoms with Crippen LogP contribution in [0.1, 0.15) is 19.4 Å². The minimum absolute atomic E-state index is 0.246. The minimum Gasteiger partial charge on any atom is -0.468 e. The van der Waals surface area contributed by atoms with Crippen LogP contribution < -0.4 is 5.73 Å². The van der Waals surface area contributed by atoms with E-state index in [1.54, 1.807) is 11.8 Å². The van der Waals surface area contributed by atoms with Crippen molar-refractivity contribution in [3.05, 3.63) is 23.8 Å². The Bertz CT molecular complexity index is 402. The van der Waals surface area contributed by atoms with Crippen LogP contribution in [0.5, 0.6) is 0 Å². The number of rotatable bonds is 3. The number of carbonyl (C=O) groups is 1. The molecule has 3 nitrogen and oxygen atoms in total. The Balaban J connectivity index is 3.18. The fraction of sp³-hybridized carbons (Fsp3) is 0.417. The summed E-state index contributed by atoms with van der Waals surface area (Å²) in [6.45, 7) is 3.68. The fourth-order valence-corrected chi connectivity index (χ4v) is 2.02. The molecule has 88 valence electrons. The number of hydrogen-bond donors (Lipinski definition) is 1. The molecule has 0 spiro atoms. The van der Waals surface area contributed by atoms with Gasteiger partial charge in [0.25, 0.3) is 0 Å². The minimum atomic E-state index is -0.646. The van der Waals surface area contributed by atoms with Crippen molar-refractivity contribution in [3.63, 3.8) is 0 Å². The molecule has 16 heavy (non-hydrogen) atoms. The van der Waals surface area contributed by atoms with E-state index >= 15 is 0 Å². The van der Waals surface area contributed by atoms with Crippen molar-refractivity contribution in [2.75, 3.05) is 19.1 Å². The molecule has 0 aliphatic rings. The molecule has 0 amide bonds. The summed E-state index contributed by atoms with van der Waals surface area (Å²) in [5.41, 5.74) is 6.82. The van der Waals surface area contributed by atoms with Crippen molar-refractivity contribution in [2.24, 2.45) is 0 Å². The molecule has 0 unspecified atom stereocenters. The van der Waals surface area contributed by atoms with E-state index in [0.717, 1.165) is 16.1 Å². The molecule has 2 N–H and O–H groups in total. The molecule has 0 atom stereocenters.